The minimum atomic E-state index is -1.02. The Hall–Kier alpha value is -3.46. The van der Waals surface area contributed by atoms with E-state index in [4.69, 9.17) is 0 Å². The fraction of sp³-hybridized carbons (Fsp3) is 0.258. The standard InChI is InChI=1S/C31H33N3O3S2/c1-22-8-6-7-11-26(22)28-16-24(12-13-27(28)30(35)33-29(31(36)37)14-15-38-2)18-34(19-25-20-39-21-32-25)17-23-9-4-3-5-10-23/h3-13,16,20-21,29H,14-15,17-19H2,1-2H3,(H,33,35)(H,36,37)/t29-/m0/s1. The average molecular weight is 560 g/mol. The van der Waals surface area contributed by atoms with E-state index in [2.05, 4.69) is 38.8 Å². The summed E-state index contributed by atoms with van der Waals surface area (Å²) in [6, 6.07) is 23.2. The number of thioether (sulfide) groups is 1. The van der Waals surface area contributed by atoms with Gasteiger partial charge >= 0.3 is 5.97 Å². The molecule has 4 aromatic rings. The molecule has 0 aliphatic rings. The summed E-state index contributed by atoms with van der Waals surface area (Å²) in [5.41, 5.74) is 8.42. The lowest BCUT2D eigenvalue weighted by atomic mass is 9.93. The monoisotopic (exact) mass is 559 g/mol. The third kappa shape index (κ3) is 8.02. The molecule has 3 aromatic carbocycles. The highest BCUT2D eigenvalue weighted by Gasteiger charge is 2.23. The molecule has 0 aliphatic heterocycles. The number of hydrogen-bond acceptors (Lipinski definition) is 6. The second kappa shape index (κ2) is 14.1. The van der Waals surface area contributed by atoms with Crippen molar-refractivity contribution in [2.75, 3.05) is 12.0 Å². The second-order valence-electron chi connectivity index (χ2n) is 9.45. The normalized spacial score (nSPS) is 11.9. The first-order valence-electron chi connectivity index (χ1n) is 12.8. The van der Waals surface area contributed by atoms with Crippen LogP contribution in [0.15, 0.2) is 83.7 Å². The van der Waals surface area contributed by atoms with E-state index in [1.54, 1.807) is 23.1 Å². The molecule has 0 fully saturated rings. The van der Waals surface area contributed by atoms with Crippen LogP contribution in [-0.4, -0.2) is 44.9 Å². The number of aryl methyl sites for hydroxylation is 1. The minimum absolute atomic E-state index is 0.366. The van der Waals surface area contributed by atoms with E-state index in [1.165, 1.54) is 5.56 Å². The van der Waals surface area contributed by atoms with Gasteiger partial charge in [0, 0.05) is 30.6 Å². The van der Waals surface area contributed by atoms with Gasteiger partial charge in [-0.25, -0.2) is 9.78 Å². The van der Waals surface area contributed by atoms with Crippen LogP contribution >= 0.6 is 23.1 Å². The van der Waals surface area contributed by atoms with E-state index in [-0.39, 0.29) is 5.91 Å². The van der Waals surface area contributed by atoms with Crippen LogP contribution in [0.2, 0.25) is 0 Å². The average Bonchev–Trinajstić information content (AvgIpc) is 3.44. The number of carbonyl (C=O) groups excluding carboxylic acids is 1. The Morgan fingerprint density at radius 1 is 0.974 bits per heavy atom. The number of carboxylic acid groups (broad SMARTS) is 1. The van der Waals surface area contributed by atoms with Gasteiger partial charge in [-0.1, -0.05) is 60.7 Å². The molecular formula is C31H33N3O3S2. The molecule has 0 bridgehead atoms. The zero-order chi connectivity index (χ0) is 27.6. The van der Waals surface area contributed by atoms with Crippen molar-refractivity contribution in [1.82, 2.24) is 15.2 Å². The zero-order valence-electron chi connectivity index (χ0n) is 22.2. The lowest BCUT2D eigenvalue weighted by molar-refractivity contribution is -0.139. The number of carbonyl (C=O) groups is 2. The van der Waals surface area contributed by atoms with E-state index in [0.717, 1.165) is 34.5 Å². The number of nitrogens with zero attached hydrogens (tertiary/aromatic N) is 2. The number of amides is 1. The van der Waals surface area contributed by atoms with Gasteiger partial charge in [-0.05, 0) is 65.3 Å². The fourth-order valence-corrected chi connectivity index (χ4v) is 5.55. The van der Waals surface area contributed by atoms with Crippen LogP contribution in [0.25, 0.3) is 11.1 Å². The van der Waals surface area contributed by atoms with Crippen LogP contribution in [-0.2, 0) is 24.4 Å². The summed E-state index contributed by atoms with van der Waals surface area (Å²) in [7, 11) is 0. The van der Waals surface area contributed by atoms with Crippen LogP contribution < -0.4 is 5.32 Å². The van der Waals surface area contributed by atoms with Crippen molar-refractivity contribution in [2.45, 2.75) is 39.0 Å². The number of aromatic nitrogens is 1. The summed E-state index contributed by atoms with van der Waals surface area (Å²) in [6.07, 6.45) is 2.29. The summed E-state index contributed by atoms with van der Waals surface area (Å²) in [5, 5.41) is 14.5. The van der Waals surface area contributed by atoms with E-state index in [9.17, 15) is 14.7 Å². The molecule has 0 radical (unpaired) electrons. The molecule has 0 spiro atoms. The molecule has 0 aliphatic carbocycles. The van der Waals surface area contributed by atoms with Gasteiger partial charge in [-0.2, -0.15) is 11.8 Å². The second-order valence-corrected chi connectivity index (χ2v) is 11.2. The first-order valence-corrected chi connectivity index (χ1v) is 15.1. The van der Waals surface area contributed by atoms with Crippen LogP contribution in [0.4, 0.5) is 0 Å². The predicted molar refractivity (Wildman–Crippen MR) is 160 cm³/mol. The molecule has 1 atom stereocenters. The lowest BCUT2D eigenvalue weighted by Crippen LogP contribution is -2.41. The third-order valence-electron chi connectivity index (χ3n) is 6.50. The molecule has 6 nitrogen and oxygen atoms in total. The van der Waals surface area contributed by atoms with E-state index in [1.807, 2.05) is 73.3 Å². The van der Waals surface area contributed by atoms with Crippen molar-refractivity contribution < 1.29 is 14.7 Å². The van der Waals surface area contributed by atoms with Crippen molar-refractivity contribution in [3.8, 4) is 11.1 Å². The quantitative estimate of drug-likeness (QED) is 0.201. The smallest absolute Gasteiger partial charge is 0.326 e. The highest BCUT2D eigenvalue weighted by molar-refractivity contribution is 7.98. The topological polar surface area (TPSA) is 82.5 Å². The largest absolute Gasteiger partial charge is 0.480 e. The Morgan fingerprint density at radius 3 is 2.41 bits per heavy atom. The van der Waals surface area contributed by atoms with Gasteiger partial charge in [0.15, 0.2) is 0 Å². The summed E-state index contributed by atoms with van der Waals surface area (Å²) in [5.74, 6) is -0.751. The molecule has 8 heteroatoms. The Morgan fingerprint density at radius 2 is 1.72 bits per heavy atom. The van der Waals surface area contributed by atoms with Crippen LogP contribution in [0, 0.1) is 6.92 Å². The molecule has 4 rings (SSSR count). The van der Waals surface area contributed by atoms with Crippen LogP contribution in [0.1, 0.15) is 39.2 Å². The van der Waals surface area contributed by atoms with Crippen molar-refractivity contribution in [3.63, 3.8) is 0 Å². The fourth-order valence-electron chi connectivity index (χ4n) is 4.53. The Kier molecular flexibility index (Phi) is 10.3. The molecule has 1 amide bonds. The number of nitrogens with one attached hydrogen (secondary N) is 1. The first kappa shape index (κ1) is 28.5. The van der Waals surface area contributed by atoms with E-state index < -0.39 is 12.0 Å². The van der Waals surface area contributed by atoms with Gasteiger partial charge in [-0.3, -0.25) is 9.69 Å². The van der Waals surface area contributed by atoms with Crippen LogP contribution in [0.5, 0.6) is 0 Å². The molecule has 1 aromatic heterocycles. The molecular weight excluding hydrogens is 526 g/mol. The summed E-state index contributed by atoms with van der Waals surface area (Å²) < 4.78 is 0. The molecule has 39 heavy (non-hydrogen) atoms. The van der Waals surface area contributed by atoms with Gasteiger partial charge in [0.25, 0.3) is 5.91 Å². The number of carboxylic acids is 1. The molecule has 0 saturated carbocycles. The maximum atomic E-state index is 13.4. The number of benzene rings is 3. The maximum absolute atomic E-state index is 13.4. The molecule has 1 heterocycles. The molecule has 0 unspecified atom stereocenters. The minimum Gasteiger partial charge on any atom is -0.480 e. The van der Waals surface area contributed by atoms with Crippen molar-refractivity contribution in [2.24, 2.45) is 0 Å². The van der Waals surface area contributed by atoms with Crippen LogP contribution in [0.3, 0.4) is 0 Å². The zero-order valence-corrected chi connectivity index (χ0v) is 23.8. The Balaban J connectivity index is 1.66. The van der Waals surface area contributed by atoms with Gasteiger partial charge in [0.1, 0.15) is 6.04 Å². The first-order chi connectivity index (χ1) is 18.9. The van der Waals surface area contributed by atoms with Gasteiger partial charge in [0.05, 0.1) is 11.2 Å². The number of aliphatic carboxylic acids is 1. The highest BCUT2D eigenvalue weighted by atomic mass is 32.2. The Labute approximate surface area is 238 Å². The van der Waals surface area contributed by atoms with E-state index in [0.29, 0.717) is 30.8 Å². The molecule has 0 saturated heterocycles. The number of hydrogen-bond donors (Lipinski definition) is 2. The SMILES string of the molecule is CSCC[C@H](NC(=O)c1ccc(CN(Cc2ccccc2)Cc2cscn2)cc1-c1ccccc1C)C(=O)O. The lowest BCUT2D eigenvalue weighted by Gasteiger charge is -2.23. The van der Waals surface area contributed by atoms with E-state index >= 15 is 0 Å². The Bertz CT molecular complexity index is 1380. The number of thiazole rings is 1. The summed E-state index contributed by atoms with van der Waals surface area (Å²) in [4.78, 5) is 32.0. The van der Waals surface area contributed by atoms with Crippen molar-refractivity contribution >= 4 is 35.0 Å². The third-order valence-corrected chi connectivity index (χ3v) is 7.78. The maximum Gasteiger partial charge on any atom is 0.326 e. The highest BCUT2D eigenvalue weighted by Crippen LogP contribution is 2.29. The predicted octanol–water partition coefficient (Wildman–Crippen LogP) is 6.26. The van der Waals surface area contributed by atoms with Crippen molar-refractivity contribution in [1.29, 1.82) is 0 Å². The molecule has 202 valence electrons. The van der Waals surface area contributed by atoms with Gasteiger partial charge in [0.2, 0.25) is 0 Å². The molecule has 2 N–H and O–H groups in total. The van der Waals surface area contributed by atoms with Crippen molar-refractivity contribution in [3.05, 3.63) is 112 Å². The number of rotatable bonds is 13. The van der Waals surface area contributed by atoms with Gasteiger partial charge in [-0.15, -0.1) is 11.3 Å². The summed E-state index contributed by atoms with van der Waals surface area (Å²) >= 11 is 3.15. The summed E-state index contributed by atoms with van der Waals surface area (Å²) in [6.45, 7) is 4.15. The van der Waals surface area contributed by atoms with Gasteiger partial charge < -0.3 is 10.4 Å².